The van der Waals surface area contributed by atoms with Gasteiger partial charge in [0.15, 0.2) is 0 Å². The summed E-state index contributed by atoms with van der Waals surface area (Å²) in [4.78, 5) is 14.0. The van der Waals surface area contributed by atoms with Gasteiger partial charge in [0.1, 0.15) is 0 Å². The lowest BCUT2D eigenvalue weighted by Gasteiger charge is -2.35. The highest BCUT2D eigenvalue weighted by atomic mass is 16.5. The molecule has 0 saturated carbocycles. The van der Waals surface area contributed by atoms with Crippen molar-refractivity contribution in [2.45, 2.75) is 25.9 Å². The number of carbonyl (C=O) groups is 1. The molecule has 0 radical (unpaired) electrons. The van der Waals surface area contributed by atoms with E-state index in [1.165, 1.54) is 0 Å². The van der Waals surface area contributed by atoms with Gasteiger partial charge in [0.2, 0.25) is 5.91 Å². The Bertz CT molecular complexity index is 223. The number of nitrogens with one attached hydrogen (secondary N) is 2. The van der Waals surface area contributed by atoms with Crippen LogP contribution >= 0.6 is 0 Å². The maximum Gasteiger partial charge on any atom is 0.237 e. The summed E-state index contributed by atoms with van der Waals surface area (Å²) in [5.74, 6) is 0.0890. The number of carbonyl (C=O) groups excluding carboxylic acids is 1. The van der Waals surface area contributed by atoms with E-state index in [4.69, 9.17) is 4.74 Å². The van der Waals surface area contributed by atoms with E-state index in [0.717, 1.165) is 19.6 Å². The molecule has 0 aliphatic carbocycles. The van der Waals surface area contributed by atoms with Crippen LogP contribution in [0.25, 0.3) is 0 Å². The summed E-state index contributed by atoms with van der Waals surface area (Å²) >= 11 is 0. The summed E-state index contributed by atoms with van der Waals surface area (Å²) in [6.07, 6.45) is 0. The molecule has 1 aliphatic heterocycles. The van der Waals surface area contributed by atoms with Gasteiger partial charge in [-0.25, -0.2) is 0 Å². The average Bonchev–Trinajstić information content (AvgIpc) is 2.28. The molecular weight excluding hydrogens is 206 g/mol. The molecule has 0 aromatic heterocycles. The third-order valence-corrected chi connectivity index (χ3v) is 2.93. The molecule has 0 spiro atoms. The van der Waals surface area contributed by atoms with Crippen molar-refractivity contribution in [1.29, 1.82) is 0 Å². The smallest absolute Gasteiger partial charge is 0.237 e. The molecule has 0 aromatic carbocycles. The van der Waals surface area contributed by atoms with Crippen molar-refractivity contribution in [3.8, 4) is 0 Å². The average molecular weight is 229 g/mol. The lowest BCUT2D eigenvalue weighted by atomic mass is 10.1. The predicted octanol–water partition coefficient (Wildman–Crippen LogP) is -0.569. The second kappa shape index (κ2) is 6.83. The molecule has 2 atom stereocenters. The van der Waals surface area contributed by atoms with Crippen molar-refractivity contribution < 1.29 is 9.53 Å². The van der Waals surface area contributed by atoms with Gasteiger partial charge in [0.25, 0.3) is 0 Å². The maximum absolute atomic E-state index is 11.8. The topological polar surface area (TPSA) is 53.6 Å². The van der Waals surface area contributed by atoms with Gasteiger partial charge in [-0.05, 0) is 13.8 Å². The van der Waals surface area contributed by atoms with Gasteiger partial charge in [0.05, 0.1) is 12.6 Å². The van der Waals surface area contributed by atoms with Crippen LogP contribution < -0.4 is 10.6 Å². The van der Waals surface area contributed by atoms with Gasteiger partial charge >= 0.3 is 0 Å². The zero-order valence-electron chi connectivity index (χ0n) is 10.5. The molecule has 5 nitrogen and oxygen atoms in total. The molecular formula is C11H23N3O2. The van der Waals surface area contributed by atoms with Crippen LogP contribution in [0.2, 0.25) is 0 Å². The molecule has 1 amide bonds. The van der Waals surface area contributed by atoms with Crippen molar-refractivity contribution in [3.63, 3.8) is 0 Å². The number of ether oxygens (including phenoxy) is 1. The monoisotopic (exact) mass is 229 g/mol. The van der Waals surface area contributed by atoms with Gasteiger partial charge in [-0.3, -0.25) is 9.69 Å². The molecule has 5 heteroatoms. The Morgan fingerprint density at radius 2 is 2.44 bits per heavy atom. The number of piperazine rings is 1. The molecule has 1 unspecified atom stereocenters. The Labute approximate surface area is 97.5 Å². The van der Waals surface area contributed by atoms with Crippen molar-refractivity contribution in [3.05, 3.63) is 0 Å². The normalized spacial score (nSPS) is 24.1. The lowest BCUT2D eigenvalue weighted by molar-refractivity contribution is -0.126. The van der Waals surface area contributed by atoms with Gasteiger partial charge in [-0.2, -0.15) is 0 Å². The fourth-order valence-corrected chi connectivity index (χ4v) is 1.90. The van der Waals surface area contributed by atoms with E-state index in [-0.39, 0.29) is 11.9 Å². The Hall–Kier alpha value is -0.650. The van der Waals surface area contributed by atoms with Crippen LogP contribution in [0.3, 0.4) is 0 Å². The zero-order valence-corrected chi connectivity index (χ0v) is 10.5. The molecule has 1 aliphatic rings. The first kappa shape index (κ1) is 13.4. The summed E-state index contributed by atoms with van der Waals surface area (Å²) in [5.41, 5.74) is 0. The minimum Gasteiger partial charge on any atom is -0.383 e. The quantitative estimate of drug-likeness (QED) is 0.620. The van der Waals surface area contributed by atoms with Crippen molar-refractivity contribution in [2.75, 3.05) is 39.9 Å². The molecule has 0 aromatic rings. The van der Waals surface area contributed by atoms with Crippen molar-refractivity contribution in [2.24, 2.45) is 0 Å². The Morgan fingerprint density at radius 1 is 1.69 bits per heavy atom. The van der Waals surface area contributed by atoms with Crippen LogP contribution in [-0.2, 0) is 9.53 Å². The summed E-state index contributed by atoms with van der Waals surface area (Å²) in [5, 5.41) is 6.23. The SMILES string of the molecule is COCCNC(=O)C(C)N1CCN[C@H](C)C1. The van der Waals surface area contributed by atoms with Gasteiger partial charge in [0, 0.05) is 39.3 Å². The largest absolute Gasteiger partial charge is 0.383 e. The van der Waals surface area contributed by atoms with Crippen LogP contribution in [0, 0.1) is 0 Å². The van der Waals surface area contributed by atoms with E-state index >= 15 is 0 Å². The molecule has 2 N–H and O–H groups in total. The highest BCUT2D eigenvalue weighted by Crippen LogP contribution is 2.04. The first-order chi connectivity index (χ1) is 7.65. The van der Waals surface area contributed by atoms with E-state index in [1.807, 2.05) is 6.92 Å². The third kappa shape index (κ3) is 4.08. The third-order valence-electron chi connectivity index (χ3n) is 2.93. The molecule has 94 valence electrons. The minimum atomic E-state index is -0.0543. The summed E-state index contributed by atoms with van der Waals surface area (Å²) in [7, 11) is 1.63. The van der Waals surface area contributed by atoms with E-state index in [0.29, 0.717) is 19.2 Å². The molecule has 0 bridgehead atoms. The first-order valence-corrected chi connectivity index (χ1v) is 5.89. The number of amides is 1. The fraction of sp³-hybridized carbons (Fsp3) is 0.909. The Balaban J connectivity index is 2.31. The molecule has 16 heavy (non-hydrogen) atoms. The number of hydrogen-bond donors (Lipinski definition) is 2. The van der Waals surface area contributed by atoms with E-state index in [1.54, 1.807) is 7.11 Å². The van der Waals surface area contributed by atoms with Gasteiger partial charge in [-0.1, -0.05) is 0 Å². The fourth-order valence-electron chi connectivity index (χ4n) is 1.90. The highest BCUT2D eigenvalue weighted by Gasteiger charge is 2.24. The Morgan fingerprint density at radius 3 is 3.06 bits per heavy atom. The van der Waals surface area contributed by atoms with Crippen LogP contribution in [-0.4, -0.2) is 62.8 Å². The standard InChI is InChI=1S/C11H23N3O2/c1-9-8-14(6-4-12-9)10(2)11(15)13-5-7-16-3/h9-10,12H,4-8H2,1-3H3,(H,13,15)/t9-,10?/m1/s1. The van der Waals surface area contributed by atoms with Crippen LogP contribution in [0.1, 0.15) is 13.8 Å². The summed E-state index contributed by atoms with van der Waals surface area (Å²) in [6.45, 7) is 8.07. The van der Waals surface area contributed by atoms with Gasteiger partial charge in [-0.15, -0.1) is 0 Å². The summed E-state index contributed by atoms with van der Waals surface area (Å²) < 4.78 is 4.90. The van der Waals surface area contributed by atoms with Crippen LogP contribution in [0.4, 0.5) is 0 Å². The molecule has 1 rings (SSSR count). The number of nitrogens with zero attached hydrogens (tertiary/aromatic N) is 1. The lowest BCUT2D eigenvalue weighted by Crippen LogP contribution is -2.56. The highest BCUT2D eigenvalue weighted by molar-refractivity contribution is 5.81. The number of methoxy groups -OCH3 is 1. The minimum absolute atomic E-state index is 0.0543. The van der Waals surface area contributed by atoms with Crippen molar-refractivity contribution >= 4 is 5.91 Å². The van der Waals surface area contributed by atoms with E-state index in [2.05, 4.69) is 22.5 Å². The zero-order chi connectivity index (χ0) is 12.0. The Kier molecular flexibility index (Phi) is 5.73. The van der Waals surface area contributed by atoms with Crippen LogP contribution in [0.15, 0.2) is 0 Å². The molecule has 1 heterocycles. The maximum atomic E-state index is 11.8. The molecule has 1 fully saturated rings. The number of hydrogen-bond acceptors (Lipinski definition) is 4. The summed E-state index contributed by atoms with van der Waals surface area (Å²) in [6, 6.07) is 0.407. The first-order valence-electron chi connectivity index (χ1n) is 5.89. The van der Waals surface area contributed by atoms with Crippen LogP contribution in [0.5, 0.6) is 0 Å². The molecule has 1 saturated heterocycles. The van der Waals surface area contributed by atoms with E-state index < -0.39 is 0 Å². The van der Waals surface area contributed by atoms with E-state index in [9.17, 15) is 4.79 Å². The van der Waals surface area contributed by atoms with Gasteiger partial charge < -0.3 is 15.4 Å². The number of rotatable bonds is 5. The predicted molar refractivity (Wildman–Crippen MR) is 63.4 cm³/mol. The second-order valence-corrected chi connectivity index (χ2v) is 4.31. The second-order valence-electron chi connectivity index (χ2n) is 4.31. The van der Waals surface area contributed by atoms with Crippen molar-refractivity contribution in [1.82, 2.24) is 15.5 Å².